The van der Waals surface area contributed by atoms with Gasteiger partial charge in [0.25, 0.3) is 0 Å². The molecule has 0 bridgehead atoms. The van der Waals surface area contributed by atoms with Crippen LogP contribution in [0.3, 0.4) is 0 Å². The van der Waals surface area contributed by atoms with E-state index in [9.17, 15) is 14.4 Å². The molecule has 1 aliphatic heterocycles. The fraction of sp³-hybridized carbons (Fsp3) is 0.571. The first-order valence-electron chi connectivity index (χ1n) is 10.0. The Kier molecular flexibility index (Phi) is 9.31. The molecule has 28 heavy (non-hydrogen) atoms. The highest BCUT2D eigenvalue weighted by molar-refractivity contribution is 5.83. The lowest BCUT2D eigenvalue weighted by atomic mass is 10.1. The van der Waals surface area contributed by atoms with Gasteiger partial charge in [0.2, 0.25) is 5.91 Å². The van der Waals surface area contributed by atoms with E-state index in [2.05, 4.69) is 5.32 Å². The summed E-state index contributed by atoms with van der Waals surface area (Å²) in [6.45, 7) is 3.92. The van der Waals surface area contributed by atoms with Crippen LogP contribution in [0.15, 0.2) is 30.3 Å². The molecule has 0 radical (unpaired) electrons. The standard InChI is InChI=1S/C21H30N2O5/c1-2-3-15-27-21(26)22-18(11-12-19(24)23-13-7-8-14-23)20(25)28-16-17-9-5-4-6-10-17/h4-6,9-10,18H,2-3,7-8,11-16H2,1H3,(H,22,26). The fourth-order valence-corrected chi connectivity index (χ4v) is 2.96. The number of esters is 1. The molecule has 2 rings (SSSR count). The third-order valence-corrected chi connectivity index (χ3v) is 4.64. The first-order chi connectivity index (χ1) is 13.6. The Hall–Kier alpha value is -2.57. The summed E-state index contributed by atoms with van der Waals surface area (Å²) < 4.78 is 10.4. The van der Waals surface area contributed by atoms with E-state index < -0.39 is 18.1 Å². The van der Waals surface area contributed by atoms with Crippen molar-refractivity contribution in [3.8, 4) is 0 Å². The van der Waals surface area contributed by atoms with Crippen LogP contribution in [0.2, 0.25) is 0 Å². The number of nitrogens with zero attached hydrogens (tertiary/aromatic N) is 1. The lowest BCUT2D eigenvalue weighted by Crippen LogP contribution is -2.43. The predicted molar refractivity (Wildman–Crippen MR) is 104 cm³/mol. The summed E-state index contributed by atoms with van der Waals surface area (Å²) in [5, 5.41) is 2.55. The van der Waals surface area contributed by atoms with E-state index in [0.717, 1.165) is 44.3 Å². The number of hydrogen-bond acceptors (Lipinski definition) is 5. The first-order valence-corrected chi connectivity index (χ1v) is 10.0. The Morgan fingerprint density at radius 3 is 2.50 bits per heavy atom. The molecule has 2 amide bonds. The molecule has 0 spiro atoms. The number of carbonyl (C=O) groups is 3. The van der Waals surface area contributed by atoms with Crippen LogP contribution in [-0.4, -0.2) is 48.6 Å². The number of benzene rings is 1. The van der Waals surface area contributed by atoms with E-state index in [-0.39, 0.29) is 25.4 Å². The van der Waals surface area contributed by atoms with Crippen molar-refractivity contribution in [2.24, 2.45) is 0 Å². The summed E-state index contributed by atoms with van der Waals surface area (Å²) in [6.07, 6.45) is 3.38. The topological polar surface area (TPSA) is 84.9 Å². The number of hydrogen-bond donors (Lipinski definition) is 1. The SMILES string of the molecule is CCCCOC(=O)NC(CCC(=O)N1CCCC1)C(=O)OCc1ccccc1. The van der Waals surface area contributed by atoms with Crippen LogP contribution in [0, 0.1) is 0 Å². The van der Waals surface area contributed by atoms with Gasteiger partial charge in [-0.3, -0.25) is 4.79 Å². The van der Waals surface area contributed by atoms with Crippen molar-refractivity contribution in [2.75, 3.05) is 19.7 Å². The quantitative estimate of drug-likeness (QED) is 0.490. The second-order valence-electron chi connectivity index (χ2n) is 6.91. The molecule has 0 aliphatic carbocycles. The number of likely N-dealkylation sites (tertiary alicyclic amines) is 1. The molecule has 0 aromatic heterocycles. The molecule has 1 N–H and O–H groups in total. The number of unbranched alkanes of at least 4 members (excludes halogenated alkanes) is 1. The van der Waals surface area contributed by atoms with Crippen molar-refractivity contribution in [2.45, 2.75) is 58.1 Å². The zero-order valence-electron chi connectivity index (χ0n) is 16.5. The Morgan fingerprint density at radius 1 is 1.11 bits per heavy atom. The second-order valence-corrected chi connectivity index (χ2v) is 6.91. The molecule has 154 valence electrons. The van der Waals surface area contributed by atoms with E-state index in [1.807, 2.05) is 37.3 Å². The minimum atomic E-state index is -0.913. The van der Waals surface area contributed by atoms with Crippen molar-refractivity contribution in [1.29, 1.82) is 0 Å². The highest BCUT2D eigenvalue weighted by Gasteiger charge is 2.26. The Bertz CT molecular complexity index is 629. The highest BCUT2D eigenvalue weighted by Crippen LogP contribution is 2.12. The summed E-state index contributed by atoms with van der Waals surface area (Å²) in [4.78, 5) is 38.5. The number of ether oxygens (including phenoxy) is 2. The number of rotatable bonds is 10. The molecular weight excluding hydrogens is 360 g/mol. The van der Waals surface area contributed by atoms with Crippen LogP contribution in [-0.2, 0) is 25.7 Å². The fourth-order valence-electron chi connectivity index (χ4n) is 2.96. The zero-order valence-corrected chi connectivity index (χ0v) is 16.5. The van der Waals surface area contributed by atoms with Crippen LogP contribution < -0.4 is 5.32 Å². The van der Waals surface area contributed by atoms with Gasteiger partial charge >= 0.3 is 12.1 Å². The molecule has 7 nitrogen and oxygen atoms in total. The lowest BCUT2D eigenvalue weighted by molar-refractivity contribution is -0.147. The van der Waals surface area contributed by atoms with E-state index in [0.29, 0.717) is 6.61 Å². The van der Waals surface area contributed by atoms with Gasteiger partial charge in [0, 0.05) is 19.5 Å². The highest BCUT2D eigenvalue weighted by atomic mass is 16.6. The molecule has 1 aromatic carbocycles. The maximum atomic E-state index is 12.5. The predicted octanol–water partition coefficient (Wildman–Crippen LogP) is 3.03. The van der Waals surface area contributed by atoms with Gasteiger partial charge in [0.05, 0.1) is 6.61 Å². The molecular formula is C21H30N2O5. The van der Waals surface area contributed by atoms with E-state index in [1.165, 1.54) is 0 Å². The third kappa shape index (κ3) is 7.58. The van der Waals surface area contributed by atoms with Crippen molar-refractivity contribution in [3.05, 3.63) is 35.9 Å². The average Bonchev–Trinajstić information content (AvgIpc) is 3.25. The molecule has 1 saturated heterocycles. The molecule has 1 aromatic rings. The number of alkyl carbamates (subject to hydrolysis) is 1. The summed E-state index contributed by atoms with van der Waals surface area (Å²) in [6, 6.07) is 8.39. The van der Waals surface area contributed by atoms with Crippen LogP contribution >= 0.6 is 0 Å². The van der Waals surface area contributed by atoms with Crippen molar-refractivity contribution < 1.29 is 23.9 Å². The van der Waals surface area contributed by atoms with Gasteiger partial charge in [0.15, 0.2) is 0 Å². The largest absolute Gasteiger partial charge is 0.459 e. The molecule has 1 atom stereocenters. The molecule has 1 fully saturated rings. The van der Waals surface area contributed by atoms with Gasteiger partial charge in [-0.25, -0.2) is 9.59 Å². The molecule has 1 heterocycles. The first kappa shape index (κ1) is 21.7. The number of amides is 2. The average molecular weight is 390 g/mol. The molecule has 1 unspecified atom stereocenters. The lowest BCUT2D eigenvalue weighted by Gasteiger charge is -2.20. The Labute approximate surface area is 166 Å². The maximum absolute atomic E-state index is 12.5. The van der Waals surface area contributed by atoms with Crippen LogP contribution in [0.4, 0.5) is 4.79 Å². The van der Waals surface area contributed by atoms with Crippen molar-refractivity contribution in [3.63, 3.8) is 0 Å². The smallest absolute Gasteiger partial charge is 0.407 e. The Balaban J connectivity index is 1.88. The van der Waals surface area contributed by atoms with Crippen molar-refractivity contribution >= 4 is 18.0 Å². The van der Waals surface area contributed by atoms with E-state index >= 15 is 0 Å². The van der Waals surface area contributed by atoms with Gasteiger partial charge in [-0.05, 0) is 31.2 Å². The minimum absolute atomic E-state index is 0.000454. The van der Waals surface area contributed by atoms with E-state index in [1.54, 1.807) is 4.90 Å². The summed E-state index contributed by atoms with van der Waals surface area (Å²) in [5.41, 5.74) is 0.855. The van der Waals surface area contributed by atoms with Crippen molar-refractivity contribution in [1.82, 2.24) is 10.2 Å². The molecule has 1 aliphatic rings. The second kappa shape index (κ2) is 12.0. The Morgan fingerprint density at radius 2 is 1.82 bits per heavy atom. The normalized spacial score (nSPS) is 14.4. The number of nitrogens with one attached hydrogen (secondary N) is 1. The monoisotopic (exact) mass is 390 g/mol. The summed E-state index contributed by atoms with van der Waals surface area (Å²) in [5.74, 6) is -0.565. The summed E-state index contributed by atoms with van der Waals surface area (Å²) in [7, 11) is 0. The van der Waals surface area contributed by atoms with Gasteiger partial charge < -0.3 is 19.7 Å². The molecule has 7 heteroatoms. The third-order valence-electron chi connectivity index (χ3n) is 4.64. The molecule has 0 saturated carbocycles. The van der Waals surface area contributed by atoms with Crippen LogP contribution in [0.5, 0.6) is 0 Å². The summed E-state index contributed by atoms with van der Waals surface area (Å²) >= 11 is 0. The zero-order chi connectivity index (χ0) is 20.2. The minimum Gasteiger partial charge on any atom is -0.459 e. The van der Waals surface area contributed by atoms with Crippen LogP contribution in [0.1, 0.15) is 51.0 Å². The van der Waals surface area contributed by atoms with Gasteiger partial charge in [-0.2, -0.15) is 0 Å². The number of carbonyl (C=O) groups excluding carboxylic acids is 3. The van der Waals surface area contributed by atoms with Gasteiger partial charge in [-0.15, -0.1) is 0 Å². The van der Waals surface area contributed by atoms with E-state index in [4.69, 9.17) is 9.47 Å². The van der Waals surface area contributed by atoms with Crippen LogP contribution in [0.25, 0.3) is 0 Å². The maximum Gasteiger partial charge on any atom is 0.407 e. The van der Waals surface area contributed by atoms with Gasteiger partial charge in [0.1, 0.15) is 12.6 Å². The van der Waals surface area contributed by atoms with Gasteiger partial charge in [-0.1, -0.05) is 43.7 Å².